The molecule has 1 N–H and O–H groups in total. The van der Waals surface area contributed by atoms with Crippen LogP contribution in [-0.2, 0) is 41.7 Å². The van der Waals surface area contributed by atoms with Gasteiger partial charge in [0.05, 0.1) is 12.8 Å². The number of carbonyl (C=O) groups is 2. The Kier molecular flexibility index (Phi) is 9.29. The molecule has 4 rings (SSSR count). The summed E-state index contributed by atoms with van der Waals surface area (Å²) in [5.41, 5.74) is 1.65. The lowest BCUT2D eigenvalue weighted by Gasteiger charge is -2.02. The summed E-state index contributed by atoms with van der Waals surface area (Å²) in [6, 6.07) is 8.02. The number of aryl methyl sites for hydroxylation is 3. The Hall–Kier alpha value is -3.51. The second kappa shape index (κ2) is 12.8. The molecule has 7 nitrogen and oxygen atoms in total. The molecule has 0 spiro atoms. The Morgan fingerprint density at radius 3 is 2.08 bits per heavy atom. The monoisotopic (exact) mass is 559 g/mol. The van der Waals surface area contributed by atoms with Crippen molar-refractivity contribution in [2.45, 2.75) is 51.9 Å². The van der Waals surface area contributed by atoms with Gasteiger partial charge in [-0.3, -0.25) is 9.59 Å². The first-order chi connectivity index (χ1) is 18.2. The zero-order valence-corrected chi connectivity index (χ0v) is 22.1. The molecule has 12 heteroatoms. The highest BCUT2D eigenvalue weighted by Gasteiger charge is 2.13. The second-order valence-corrected chi connectivity index (χ2v) is 11.0. The molecule has 0 saturated carbocycles. The maximum Gasteiger partial charge on any atom is 0.230 e. The van der Waals surface area contributed by atoms with Crippen LogP contribution in [0.3, 0.4) is 0 Å². The van der Waals surface area contributed by atoms with Gasteiger partial charge in [-0.2, -0.15) is 0 Å². The van der Waals surface area contributed by atoms with Gasteiger partial charge < -0.3 is 5.32 Å². The molecule has 0 atom stereocenters. The molecule has 0 radical (unpaired) electrons. The van der Waals surface area contributed by atoms with Crippen LogP contribution in [0, 0.1) is 24.4 Å². The molecule has 2 aromatic heterocycles. The van der Waals surface area contributed by atoms with E-state index < -0.39 is 17.5 Å². The number of carbonyl (C=O) groups excluding carboxylic acids is 2. The van der Waals surface area contributed by atoms with Crippen molar-refractivity contribution in [1.29, 1.82) is 0 Å². The normalized spacial score (nSPS) is 11.1. The van der Waals surface area contributed by atoms with Gasteiger partial charge in [0.2, 0.25) is 11.0 Å². The number of nitrogens with one attached hydrogen (secondary N) is 1. The third kappa shape index (κ3) is 7.99. The summed E-state index contributed by atoms with van der Waals surface area (Å²) in [5, 5.41) is 21.6. The van der Waals surface area contributed by atoms with Gasteiger partial charge in [0.15, 0.2) is 11.6 Å². The molecular weight excluding hydrogens is 535 g/mol. The number of aromatic nitrogens is 4. The highest BCUT2D eigenvalue weighted by atomic mass is 32.1. The summed E-state index contributed by atoms with van der Waals surface area (Å²) in [6.45, 7) is 1.67. The van der Waals surface area contributed by atoms with E-state index in [4.69, 9.17) is 0 Å². The minimum atomic E-state index is -0.997. The summed E-state index contributed by atoms with van der Waals surface area (Å²) in [6.07, 6.45) is 3.39. The first kappa shape index (κ1) is 27.5. The molecule has 0 aliphatic heterocycles. The van der Waals surface area contributed by atoms with Crippen LogP contribution < -0.4 is 5.32 Å². The van der Waals surface area contributed by atoms with Crippen molar-refractivity contribution in [3.05, 3.63) is 85.6 Å². The lowest BCUT2D eigenvalue weighted by molar-refractivity contribution is -0.118. The first-order valence-corrected chi connectivity index (χ1v) is 13.5. The Bertz CT molecular complexity index is 1330. The standard InChI is InChI=1S/C26H24F3N5O2S2/c1-15-10-16(6-8-19(15)27)11-18(35)14-25-33-31-23(37-25)4-2-3-5-24-32-34-26(38-24)30-22(36)13-17-7-9-20(28)21(29)12-17/h6-10,12H,2-5,11,13-14H2,1H3,(H,30,34,36). The van der Waals surface area contributed by atoms with Crippen LogP contribution in [0.5, 0.6) is 0 Å². The molecule has 0 aliphatic carbocycles. The lowest BCUT2D eigenvalue weighted by Crippen LogP contribution is -2.14. The molecule has 0 aliphatic rings. The Morgan fingerprint density at radius 1 is 0.737 bits per heavy atom. The highest BCUT2D eigenvalue weighted by molar-refractivity contribution is 7.15. The minimum absolute atomic E-state index is 0.00250. The number of benzene rings is 2. The summed E-state index contributed by atoms with van der Waals surface area (Å²) in [5.74, 6) is -2.63. The fourth-order valence-corrected chi connectivity index (χ4v) is 5.41. The van der Waals surface area contributed by atoms with E-state index in [2.05, 4.69) is 25.7 Å². The largest absolute Gasteiger partial charge is 0.300 e. The predicted molar refractivity (Wildman–Crippen MR) is 139 cm³/mol. The molecule has 0 bridgehead atoms. The van der Waals surface area contributed by atoms with Gasteiger partial charge in [-0.05, 0) is 54.7 Å². The summed E-state index contributed by atoms with van der Waals surface area (Å²) < 4.78 is 39.7. The summed E-state index contributed by atoms with van der Waals surface area (Å²) >= 11 is 2.68. The number of hydrogen-bond acceptors (Lipinski definition) is 8. The fraction of sp³-hybridized carbons (Fsp3) is 0.308. The van der Waals surface area contributed by atoms with E-state index in [-0.39, 0.29) is 30.9 Å². The van der Waals surface area contributed by atoms with Crippen LogP contribution in [0.4, 0.5) is 18.3 Å². The fourth-order valence-electron chi connectivity index (χ4n) is 3.69. The minimum Gasteiger partial charge on any atom is -0.300 e. The molecule has 0 fully saturated rings. The number of rotatable bonds is 12. The van der Waals surface area contributed by atoms with Gasteiger partial charge in [-0.1, -0.05) is 29.5 Å². The number of amides is 1. The zero-order valence-electron chi connectivity index (χ0n) is 20.5. The number of anilines is 1. The quantitative estimate of drug-likeness (QED) is 0.239. The van der Waals surface area contributed by atoms with Crippen LogP contribution in [0.2, 0.25) is 0 Å². The average molecular weight is 560 g/mol. The molecule has 0 unspecified atom stereocenters. The van der Waals surface area contributed by atoms with E-state index in [1.165, 1.54) is 34.8 Å². The molecule has 198 valence electrons. The Labute approximate surface area is 225 Å². The molecule has 2 heterocycles. The molecular formula is C26H24F3N5O2S2. The van der Waals surface area contributed by atoms with E-state index >= 15 is 0 Å². The topological polar surface area (TPSA) is 97.7 Å². The van der Waals surface area contributed by atoms with Crippen molar-refractivity contribution >= 4 is 39.5 Å². The zero-order chi connectivity index (χ0) is 27.1. The summed E-state index contributed by atoms with van der Waals surface area (Å²) in [7, 11) is 0. The number of nitrogens with zero attached hydrogens (tertiary/aromatic N) is 4. The van der Waals surface area contributed by atoms with Gasteiger partial charge in [-0.15, -0.1) is 31.7 Å². The van der Waals surface area contributed by atoms with Crippen molar-refractivity contribution in [2.75, 3.05) is 5.32 Å². The van der Waals surface area contributed by atoms with Crippen LogP contribution in [0.25, 0.3) is 0 Å². The average Bonchev–Trinajstić information content (AvgIpc) is 3.50. The first-order valence-electron chi connectivity index (χ1n) is 11.9. The molecule has 1 amide bonds. The number of unbranched alkanes of at least 4 members (excludes halogenated alkanes) is 1. The lowest BCUT2D eigenvalue weighted by atomic mass is 10.0. The third-order valence-corrected chi connectivity index (χ3v) is 7.46. The van der Waals surface area contributed by atoms with E-state index in [0.717, 1.165) is 47.0 Å². The van der Waals surface area contributed by atoms with Crippen LogP contribution in [0.1, 0.15) is 44.6 Å². The number of hydrogen-bond donors (Lipinski definition) is 1. The van der Waals surface area contributed by atoms with Gasteiger partial charge in [0.1, 0.15) is 26.6 Å². The summed E-state index contributed by atoms with van der Waals surface area (Å²) in [4.78, 5) is 24.5. The van der Waals surface area contributed by atoms with Crippen LogP contribution >= 0.6 is 22.7 Å². The van der Waals surface area contributed by atoms with Crippen molar-refractivity contribution in [2.24, 2.45) is 0 Å². The molecule has 4 aromatic rings. The second-order valence-electron chi connectivity index (χ2n) is 8.75. The Balaban J connectivity index is 1.16. The smallest absolute Gasteiger partial charge is 0.230 e. The number of halogens is 3. The van der Waals surface area contributed by atoms with Crippen molar-refractivity contribution in [3.8, 4) is 0 Å². The molecule has 0 saturated heterocycles. The van der Waals surface area contributed by atoms with Crippen LogP contribution in [0.15, 0.2) is 36.4 Å². The van der Waals surface area contributed by atoms with Gasteiger partial charge >= 0.3 is 0 Å². The number of ketones is 1. The maximum atomic E-state index is 13.4. The third-order valence-electron chi connectivity index (χ3n) is 5.57. The molecule has 38 heavy (non-hydrogen) atoms. The van der Waals surface area contributed by atoms with Gasteiger partial charge in [0.25, 0.3) is 0 Å². The van der Waals surface area contributed by atoms with Gasteiger partial charge in [-0.25, -0.2) is 13.2 Å². The van der Waals surface area contributed by atoms with Crippen LogP contribution in [-0.4, -0.2) is 32.1 Å². The highest BCUT2D eigenvalue weighted by Crippen LogP contribution is 2.20. The SMILES string of the molecule is Cc1cc(CC(=O)Cc2nnc(CCCCc3nnc(NC(=O)Cc4ccc(F)c(F)c4)s3)s2)ccc1F. The maximum absolute atomic E-state index is 13.4. The van der Waals surface area contributed by atoms with Gasteiger partial charge in [0, 0.05) is 19.3 Å². The van der Waals surface area contributed by atoms with E-state index in [1.807, 2.05) is 0 Å². The van der Waals surface area contributed by atoms with Crippen molar-refractivity contribution in [1.82, 2.24) is 20.4 Å². The van der Waals surface area contributed by atoms with E-state index in [9.17, 15) is 22.8 Å². The van der Waals surface area contributed by atoms with Crippen molar-refractivity contribution in [3.63, 3.8) is 0 Å². The number of Topliss-reactive ketones (excluding diaryl/α,β-unsaturated/α-hetero) is 1. The van der Waals surface area contributed by atoms with Crippen molar-refractivity contribution < 1.29 is 22.8 Å². The van der Waals surface area contributed by atoms with E-state index in [0.29, 0.717) is 27.7 Å². The Morgan fingerprint density at radius 2 is 1.37 bits per heavy atom. The predicted octanol–water partition coefficient (Wildman–Crippen LogP) is 5.22. The van der Waals surface area contributed by atoms with E-state index in [1.54, 1.807) is 19.1 Å². The molecule has 2 aromatic carbocycles.